The summed E-state index contributed by atoms with van der Waals surface area (Å²) in [7, 11) is 0. The van der Waals surface area contributed by atoms with E-state index < -0.39 is 17.7 Å². The number of hydrogen-bond donors (Lipinski definition) is 2. The first-order valence-corrected chi connectivity index (χ1v) is 5.98. The molecule has 0 spiro atoms. The quantitative estimate of drug-likeness (QED) is 0.847. The van der Waals surface area contributed by atoms with Crippen LogP contribution in [0.5, 0.6) is 0 Å². The molecule has 2 rings (SSSR count). The minimum absolute atomic E-state index is 0.0952. The largest absolute Gasteiger partial charge is 0.478 e. The van der Waals surface area contributed by atoms with Gasteiger partial charge in [-0.25, -0.2) is 9.18 Å². The zero-order valence-electron chi connectivity index (χ0n) is 10.8. The van der Waals surface area contributed by atoms with Gasteiger partial charge in [-0.1, -0.05) is 6.07 Å². The summed E-state index contributed by atoms with van der Waals surface area (Å²) in [6.07, 6.45) is 5.00. The predicted octanol–water partition coefficient (Wildman–Crippen LogP) is 2.57. The normalized spacial score (nSPS) is 10.5. The molecule has 0 radical (unpaired) electrons. The van der Waals surface area contributed by atoms with Gasteiger partial charge in [0.05, 0.1) is 0 Å². The van der Waals surface area contributed by atoms with Crippen LogP contribution in [-0.2, 0) is 4.79 Å². The number of carboxylic acid groups (broad SMARTS) is 1. The molecule has 1 aromatic carbocycles. The molecule has 0 aliphatic carbocycles. The second-order valence-corrected chi connectivity index (χ2v) is 4.10. The predicted molar refractivity (Wildman–Crippen MR) is 75.3 cm³/mol. The first kappa shape index (κ1) is 14.4. The molecule has 0 aliphatic rings. The van der Waals surface area contributed by atoms with E-state index in [1.807, 2.05) is 0 Å². The highest BCUT2D eigenvalue weighted by atomic mass is 19.1. The lowest BCUT2D eigenvalue weighted by atomic mass is 10.1. The first-order chi connectivity index (χ1) is 10.1. The number of benzene rings is 1. The van der Waals surface area contributed by atoms with Gasteiger partial charge in [-0.15, -0.1) is 0 Å². The lowest BCUT2D eigenvalue weighted by Gasteiger charge is -2.05. The van der Waals surface area contributed by atoms with E-state index >= 15 is 0 Å². The van der Waals surface area contributed by atoms with Crippen LogP contribution in [0.25, 0.3) is 6.08 Å². The van der Waals surface area contributed by atoms with Gasteiger partial charge < -0.3 is 10.4 Å². The van der Waals surface area contributed by atoms with Gasteiger partial charge in [-0.2, -0.15) is 0 Å². The molecule has 21 heavy (non-hydrogen) atoms. The van der Waals surface area contributed by atoms with Gasteiger partial charge in [0.15, 0.2) is 0 Å². The summed E-state index contributed by atoms with van der Waals surface area (Å²) in [6.45, 7) is 0. The highest BCUT2D eigenvalue weighted by Crippen LogP contribution is 2.14. The van der Waals surface area contributed by atoms with Crippen LogP contribution in [0, 0.1) is 5.82 Å². The lowest BCUT2D eigenvalue weighted by Crippen LogP contribution is -2.12. The van der Waals surface area contributed by atoms with Crippen molar-refractivity contribution in [2.24, 2.45) is 0 Å². The van der Waals surface area contributed by atoms with Crippen LogP contribution < -0.4 is 5.32 Å². The molecule has 0 unspecified atom stereocenters. The third kappa shape index (κ3) is 3.97. The fourth-order valence-electron chi connectivity index (χ4n) is 1.60. The van der Waals surface area contributed by atoms with Crippen LogP contribution in [0.2, 0.25) is 0 Å². The Labute approximate surface area is 119 Å². The van der Waals surface area contributed by atoms with E-state index in [-0.39, 0.29) is 11.1 Å². The number of hydrogen-bond acceptors (Lipinski definition) is 3. The number of nitrogens with one attached hydrogen (secondary N) is 1. The van der Waals surface area contributed by atoms with Crippen molar-refractivity contribution < 1.29 is 19.1 Å². The highest BCUT2D eigenvalue weighted by molar-refractivity contribution is 6.04. The minimum Gasteiger partial charge on any atom is -0.478 e. The summed E-state index contributed by atoms with van der Waals surface area (Å²) < 4.78 is 13.8. The number of rotatable bonds is 4. The maximum absolute atomic E-state index is 13.8. The molecule has 0 fully saturated rings. The number of aromatic nitrogens is 1. The van der Waals surface area contributed by atoms with E-state index in [9.17, 15) is 14.0 Å². The molecule has 2 N–H and O–H groups in total. The van der Waals surface area contributed by atoms with Gasteiger partial charge in [0, 0.05) is 35.3 Å². The molecular weight excluding hydrogens is 275 g/mol. The van der Waals surface area contributed by atoms with Gasteiger partial charge >= 0.3 is 5.97 Å². The Hall–Kier alpha value is -3.02. The molecular formula is C15H11FN2O3. The third-order valence-electron chi connectivity index (χ3n) is 2.61. The summed E-state index contributed by atoms with van der Waals surface area (Å²) in [5, 5.41) is 11.1. The molecule has 5 nitrogen and oxygen atoms in total. The van der Waals surface area contributed by atoms with Crippen molar-refractivity contribution in [3.63, 3.8) is 0 Å². The van der Waals surface area contributed by atoms with E-state index in [1.165, 1.54) is 24.5 Å². The highest BCUT2D eigenvalue weighted by Gasteiger charge is 2.09. The Morgan fingerprint density at radius 1 is 1.19 bits per heavy atom. The molecule has 0 bridgehead atoms. The summed E-state index contributed by atoms with van der Waals surface area (Å²) in [5.74, 6) is -2.31. The number of pyridine rings is 1. The summed E-state index contributed by atoms with van der Waals surface area (Å²) in [5.41, 5.74) is 0.778. The van der Waals surface area contributed by atoms with Crippen LogP contribution in [0.4, 0.5) is 10.1 Å². The number of carbonyl (C=O) groups is 2. The first-order valence-electron chi connectivity index (χ1n) is 5.98. The number of halogens is 1. The second-order valence-electron chi connectivity index (χ2n) is 4.10. The summed E-state index contributed by atoms with van der Waals surface area (Å²) >= 11 is 0. The van der Waals surface area contributed by atoms with Gasteiger partial charge in [0.1, 0.15) is 5.82 Å². The van der Waals surface area contributed by atoms with Crippen LogP contribution >= 0.6 is 0 Å². The van der Waals surface area contributed by atoms with E-state index in [4.69, 9.17) is 5.11 Å². The van der Waals surface area contributed by atoms with Crippen LogP contribution in [0.1, 0.15) is 15.9 Å². The maximum Gasteiger partial charge on any atom is 0.328 e. The average Bonchev–Trinajstić information content (AvgIpc) is 2.46. The molecule has 1 amide bonds. The summed E-state index contributed by atoms with van der Waals surface area (Å²) in [6, 6.07) is 7.03. The second kappa shape index (κ2) is 6.42. The van der Waals surface area contributed by atoms with Crippen molar-refractivity contribution in [1.29, 1.82) is 0 Å². The lowest BCUT2D eigenvalue weighted by molar-refractivity contribution is -0.131. The van der Waals surface area contributed by atoms with Crippen LogP contribution in [0.3, 0.4) is 0 Å². The third-order valence-corrected chi connectivity index (χ3v) is 2.61. The van der Waals surface area contributed by atoms with E-state index in [1.54, 1.807) is 12.1 Å². The Kier molecular flexibility index (Phi) is 4.40. The standard InChI is InChI=1S/C15H11FN2O3/c16-13-9-11(2-1-10(13)3-4-14(19)20)15(21)18-12-5-7-17-8-6-12/h1-9H,(H,19,20)(H,17,18,21). The molecule has 0 saturated carbocycles. The number of aliphatic carboxylic acids is 1. The van der Waals surface area contributed by atoms with Crippen LogP contribution in [-0.4, -0.2) is 22.0 Å². The number of amides is 1. The van der Waals surface area contributed by atoms with Gasteiger partial charge in [-0.3, -0.25) is 9.78 Å². The number of carboxylic acids is 1. The maximum atomic E-state index is 13.8. The van der Waals surface area contributed by atoms with Crippen molar-refractivity contribution in [2.45, 2.75) is 0 Å². The zero-order valence-corrected chi connectivity index (χ0v) is 10.8. The molecule has 0 aliphatic heterocycles. The van der Waals surface area contributed by atoms with E-state index in [0.717, 1.165) is 18.2 Å². The molecule has 106 valence electrons. The zero-order chi connectivity index (χ0) is 15.2. The number of carbonyl (C=O) groups excluding carboxylic acids is 1. The topological polar surface area (TPSA) is 79.3 Å². The van der Waals surface area contributed by atoms with Crippen LogP contribution in [0.15, 0.2) is 48.8 Å². The molecule has 0 atom stereocenters. The van der Waals surface area contributed by atoms with Crippen molar-refractivity contribution in [3.8, 4) is 0 Å². The Morgan fingerprint density at radius 3 is 2.52 bits per heavy atom. The minimum atomic E-state index is -1.17. The number of anilines is 1. The van der Waals surface area contributed by atoms with Crippen molar-refractivity contribution in [1.82, 2.24) is 4.98 Å². The molecule has 2 aromatic rings. The van der Waals surface area contributed by atoms with Gasteiger partial charge in [0.25, 0.3) is 5.91 Å². The molecule has 0 saturated heterocycles. The van der Waals surface area contributed by atoms with E-state index in [2.05, 4.69) is 10.3 Å². The van der Waals surface area contributed by atoms with Gasteiger partial charge in [0.2, 0.25) is 0 Å². The number of nitrogens with zero attached hydrogens (tertiary/aromatic N) is 1. The SMILES string of the molecule is O=C(O)C=Cc1ccc(C(=O)Nc2ccncc2)cc1F. The summed E-state index contributed by atoms with van der Waals surface area (Å²) in [4.78, 5) is 26.1. The average molecular weight is 286 g/mol. The smallest absolute Gasteiger partial charge is 0.328 e. The molecule has 1 aromatic heterocycles. The Bertz CT molecular complexity index is 699. The van der Waals surface area contributed by atoms with Crippen molar-refractivity contribution in [3.05, 3.63) is 65.7 Å². The fourth-order valence-corrected chi connectivity index (χ4v) is 1.60. The molecule has 1 heterocycles. The van der Waals surface area contributed by atoms with Gasteiger partial charge in [-0.05, 0) is 30.3 Å². The Balaban J connectivity index is 2.16. The molecule has 6 heteroatoms. The van der Waals surface area contributed by atoms with Crippen molar-refractivity contribution >= 4 is 23.6 Å². The van der Waals surface area contributed by atoms with Crippen molar-refractivity contribution in [2.75, 3.05) is 5.32 Å². The Morgan fingerprint density at radius 2 is 1.90 bits per heavy atom. The van der Waals surface area contributed by atoms with E-state index in [0.29, 0.717) is 5.69 Å². The monoisotopic (exact) mass is 286 g/mol. The fraction of sp³-hybridized carbons (Fsp3) is 0.